The van der Waals surface area contributed by atoms with E-state index in [0.717, 1.165) is 5.82 Å². The van der Waals surface area contributed by atoms with Crippen LogP contribution in [0.4, 0.5) is 11.6 Å². The molecule has 140 valence electrons. The van der Waals surface area contributed by atoms with Gasteiger partial charge >= 0.3 is 0 Å². The Bertz CT molecular complexity index is 1020. The highest BCUT2D eigenvalue weighted by molar-refractivity contribution is 7.09. The second kappa shape index (κ2) is 7.31. The van der Waals surface area contributed by atoms with E-state index >= 15 is 0 Å². The van der Waals surface area contributed by atoms with Gasteiger partial charge in [-0.25, -0.2) is 19.6 Å². The van der Waals surface area contributed by atoms with Crippen molar-refractivity contribution >= 4 is 34.3 Å². The summed E-state index contributed by atoms with van der Waals surface area (Å²) in [6, 6.07) is 4.28. The van der Waals surface area contributed by atoms with E-state index in [1.54, 1.807) is 17.5 Å². The second-order valence-electron chi connectivity index (χ2n) is 6.42. The van der Waals surface area contributed by atoms with Gasteiger partial charge in [0, 0.05) is 30.4 Å². The smallest absolute Gasteiger partial charge is 0.245 e. The van der Waals surface area contributed by atoms with Gasteiger partial charge in [-0.2, -0.15) is 0 Å². The predicted molar refractivity (Wildman–Crippen MR) is 104 cm³/mol. The average molecular weight is 384 g/mol. The summed E-state index contributed by atoms with van der Waals surface area (Å²) in [5, 5.41) is 13.1. The number of aryl methyl sites for hydroxylation is 1. The SMILES string of the molecule is CC(C)N(Cc1nccn1C)c1nc2nonc2nc1NCc1cccs1. The van der Waals surface area contributed by atoms with Crippen LogP contribution in [0.2, 0.25) is 0 Å². The van der Waals surface area contributed by atoms with Gasteiger partial charge in [0.25, 0.3) is 0 Å². The summed E-state index contributed by atoms with van der Waals surface area (Å²) in [6.45, 7) is 5.47. The summed E-state index contributed by atoms with van der Waals surface area (Å²) in [7, 11) is 1.98. The molecule has 0 bridgehead atoms. The molecular formula is C17H20N8OS. The van der Waals surface area contributed by atoms with Gasteiger partial charge in [-0.1, -0.05) is 6.07 Å². The molecule has 0 aliphatic heterocycles. The van der Waals surface area contributed by atoms with Crippen molar-refractivity contribution < 1.29 is 4.63 Å². The van der Waals surface area contributed by atoms with Gasteiger partial charge < -0.3 is 14.8 Å². The van der Waals surface area contributed by atoms with Crippen LogP contribution in [0.15, 0.2) is 34.5 Å². The molecule has 0 amide bonds. The third-order valence-corrected chi connectivity index (χ3v) is 5.11. The largest absolute Gasteiger partial charge is 0.362 e. The monoisotopic (exact) mass is 384 g/mol. The molecule has 0 fully saturated rings. The molecule has 0 saturated heterocycles. The van der Waals surface area contributed by atoms with E-state index < -0.39 is 0 Å². The normalized spacial score (nSPS) is 11.4. The third-order valence-electron chi connectivity index (χ3n) is 4.23. The van der Waals surface area contributed by atoms with Crippen LogP contribution in [0, 0.1) is 0 Å². The lowest BCUT2D eigenvalue weighted by molar-refractivity contribution is 0.314. The summed E-state index contributed by atoms with van der Waals surface area (Å²) in [4.78, 5) is 17.0. The number of imidazole rings is 1. The number of thiophene rings is 1. The van der Waals surface area contributed by atoms with Crippen molar-refractivity contribution in [3.8, 4) is 0 Å². The van der Waals surface area contributed by atoms with E-state index in [1.807, 2.05) is 23.9 Å². The Kier molecular flexibility index (Phi) is 4.71. The zero-order valence-electron chi connectivity index (χ0n) is 15.3. The van der Waals surface area contributed by atoms with E-state index in [9.17, 15) is 0 Å². The van der Waals surface area contributed by atoms with Crippen LogP contribution in [0.5, 0.6) is 0 Å². The Morgan fingerprint density at radius 1 is 1.26 bits per heavy atom. The number of aromatic nitrogens is 6. The zero-order chi connectivity index (χ0) is 18.8. The molecule has 27 heavy (non-hydrogen) atoms. The molecule has 0 atom stereocenters. The van der Waals surface area contributed by atoms with Crippen LogP contribution in [-0.4, -0.2) is 35.9 Å². The maximum Gasteiger partial charge on any atom is 0.245 e. The number of anilines is 2. The van der Waals surface area contributed by atoms with Crippen LogP contribution in [0.3, 0.4) is 0 Å². The molecule has 0 radical (unpaired) electrons. The first-order valence-corrected chi connectivity index (χ1v) is 9.49. The number of hydrogen-bond donors (Lipinski definition) is 1. The summed E-state index contributed by atoms with van der Waals surface area (Å²) >= 11 is 1.69. The third kappa shape index (κ3) is 3.61. The molecule has 0 aliphatic rings. The quantitative estimate of drug-likeness (QED) is 0.519. The Hall–Kier alpha value is -3.01. The maximum atomic E-state index is 4.80. The van der Waals surface area contributed by atoms with Gasteiger partial charge in [0.15, 0.2) is 11.6 Å². The molecule has 4 aromatic rings. The van der Waals surface area contributed by atoms with Crippen LogP contribution >= 0.6 is 11.3 Å². The Morgan fingerprint density at radius 2 is 2.07 bits per heavy atom. The van der Waals surface area contributed by atoms with Gasteiger partial charge in [0.1, 0.15) is 5.82 Å². The molecule has 0 spiro atoms. The van der Waals surface area contributed by atoms with E-state index in [1.165, 1.54) is 4.88 Å². The summed E-state index contributed by atoms with van der Waals surface area (Å²) in [6.07, 6.45) is 3.72. The van der Waals surface area contributed by atoms with Crippen molar-refractivity contribution in [1.82, 2.24) is 29.8 Å². The molecule has 0 saturated carbocycles. The predicted octanol–water partition coefficient (Wildman–Crippen LogP) is 2.83. The van der Waals surface area contributed by atoms with Crippen LogP contribution in [-0.2, 0) is 20.1 Å². The molecule has 10 heteroatoms. The lowest BCUT2D eigenvalue weighted by Gasteiger charge is -2.28. The molecule has 0 unspecified atom stereocenters. The minimum absolute atomic E-state index is 0.176. The second-order valence-corrected chi connectivity index (χ2v) is 7.45. The fourth-order valence-corrected chi connectivity index (χ4v) is 3.38. The molecule has 4 aromatic heterocycles. The first-order chi connectivity index (χ1) is 13.1. The maximum absolute atomic E-state index is 4.80. The molecule has 9 nitrogen and oxygen atoms in total. The fourth-order valence-electron chi connectivity index (χ4n) is 2.74. The van der Waals surface area contributed by atoms with Gasteiger partial charge in [0.05, 0.1) is 13.1 Å². The van der Waals surface area contributed by atoms with Gasteiger partial charge in [-0.15, -0.1) is 11.3 Å². The first kappa shape index (κ1) is 17.4. The Morgan fingerprint density at radius 3 is 2.74 bits per heavy atom. The van der Waals surface area contributed by atoms with Crippen molar-refractivity contribution in [3.63, 3.8) is 0 Å². The molecule has 0 aromatic carbocycles. The first-order valence-electron chi connectivity index (χ1n) is 8.61. The molecule has 4 rings (SSSR count). The number of fused-ring (bicyclic) bond motifs is 1. The van der Waals surface area contributed by atoms with E-state index in [4.69, 9.17) is 4.63 Å². The molecule has 4 heterocycles. The van der Waals surface area contributed by atoms with Crippen LogP contribution in [0.25, 0.3) is 11.3 Å². The number of nitrogens with one attached hydrogen (secondary N) is 1. The van der Waals surface area contributed by atoms with E-state index in [-0.39, 0.29) is 6.04 Å². The lowest BCUT2D eigenvalue weighted by atomic mass is 10.3. The van der Waals surface area contributed by atoms with Crippen molar-refractivity contribution in [2.45, 2.75) is 33.0 Å². The lowest BCUT2D eigenvalue weighted by Crippen LogP contribution is -2.33. The minimum Gasteiger partial charge on any atom is -0.362 e. The van der Waals surface area contributed by atoms with E-state index in [2.05, 4.69) is 60.8 Å². The molecule has 1 N–H and O–H groups in total. The Balaban J connectivity index is 1.71. The van der Waals surface area contributed by atoms with Crippen LogP contribution in [0.1, 0.15) is 24.5 Å². The van der Waals surface area contributed by atoms with Gasteiger partial charge in [-0.05, 0) is 35.6 Å². The Labute approximate surface area is 160 Å². The van der Waals surface area contributed by atoms with Gasteiger partial charge in [-0.3, -0.25) is 0 Å². The van der Waals surface area contributed by atoms with E-state index in [0.29, 0.717) is 36.0 Å². The molecular weight excluding hydrogens is 364 g/mol. The van der Waals surface area contributed by atoms with Crippen molar-refractivity contribution in [1.29, 1.82) is 0 Å². The zero-order valence-corrected chi connectivity index (χ0v) is 16.1. The summed E-state index contributed by atoms with van der Waals surface area (Å²) in [5.74, 6) is 2.29. The molecule has 0 aliphatic carbocycles. The number of hydrogen-bond acceptors (Lipinski definition) is 9. The standard InChI is InChI=1S/C17H20N8OS/c1-11(2)25(10-13-18-6-7-24(13)3)17-16(19-9-12-5-4-8-27-12)20-14-15(21-17)23-26-22-14/h4-8,11H,9-10H2,1-3H3,(H,19,20,22). The van der Waals surface area contributed by atoms with Crippen LogP contribution < -0.4 is 10.2 Å². The minimum atomic E-state index is 0.176. The highest BCUT2D eigenvalue weighted by Crippen LogP contribution is 2.27. The van der Waals surface area contributed by atoms with Gasteiger partial charge in [0.2, 0.25) is 11.3 Å². The summed E-state index contributed by atoms with van der Waals surface area (Å²) in [5.41, 5.74) is 0.769. The van der Waals surface area contributed by atoms with Crippen molar-refractivity contribution in [2.24, 2.45) is 7.05 Å². The van der Waals surface area contributed by atoms with Crippen molar-refractivity contribution in [3.05, 3.63) is 40.6 Å². The fraction of sp³-hybridized carbons (Fsp3) is 0.353. The number of nitrogens with zero attached hydrogens (tertiary/aromatic N) is 7. The summed E-state index contributed by atoms with van der Waals surface area (Å²) < 4.78 is 6.80. The topological polar surface area (TPSA) is 97.8 Å². The highest BCUT2D eigenvalue weighted by atomic mass is 32.1. The highest BCUT2D eigenvalue weighted by Gasteiger charge is 2.22. The number of rotatable bonds is 7. The van der Waals surface area contributed by atoms with Crippen molar-refractivity contribution in [2.75, 3.05) is 10.2 Å². The average Bonchev–Trinajstić information content (AvgIpc) is 3.39.